The molecule has 2 atom stereocenters. The van der Waals surface area contributed by atoms with E-state index in [1.807, 2.05) is 0 Å². The third kappa shape index (κ3) is 3.58. The van der Waals surface area contributed by atoms with Crippen LogP contribution in [0.5, 0.6) is 0 Å². The Labute approximate surface area is 167 Å². The lowest BCUT2D eigenvalue weighted by Gasteiger charge is -2.57. The predicted molar refractivity (Wildman–Crippen MR) is 105 cm³/mol. The maximum absolute atomic E-state index is 12.7. The number of fused-ring (bicyclic) bond motifs is 1. The Bertz CT molecular complexity index is 835. The van der Waals surface area contributed by atoms with E-state index in [1.165, 1.54) is 0 Å². The van der Waals surface area contributed by atoms with E-state index in [9.17, 15) is 13.2 Å². The number of rotatable bonds is 8. The predicted octanol–water partition coefficient (Wildman–Crippen LogP) is 2.05. The topological polar surface area (TPSA) is 84.9 Å². The Balaban J connectivity index is 1.65. The number of carbonyl (C=O) groups excluding carboxylic acids is 1. The third-order valence-corrected chi connectivity index (χ3v) is 8.02. The van der Waals surface area contributed by atoms with Crippen LogP contribution in [0.3, 0.4) is 0 Å². The highest BCUT2D eigenvalue weighted by Gasteiger charge is 2.55. The summed E-state index contributed by atoms with van der Waals surface area (Å²) in [6.07, 6.45) is 2.73. The van der Waals surface area contributed by atoms with Crippen LogP contribution in [0, 0.1) is 5.41 Å². The summed E-state index contributed by atoms with van der Waals surface area (Å²) in [7, 11) is -0.301. The Morgan fingerprint density at radius 1 is 1.29 bits per heavy atom. The molecule has 2 aliphatic rings. The lowest BCUT2D eigenvalue weighted by Crippen LogP contribution is -2.65. The molecule has 1 saturated carbocycles. The first-order valence-corrected chi connectivity index (χ1v) is 11.2. The molecule has 0 radical (unpaired) electrons. The van der Waals surface area contributed by atoms with Crippen molar-refractivity contribution in [3.05, 3.63) is 29.3 Å². The molecule has 1 aromatic rings. The summed E-state index contributed by atoms with van der Waals surface area (Å²) < 4.78 is 38.6. The van der Waals surface area contributed by atoms with E-state index in [0.29, 0.717) is 13.2 Å². The van der Waals surface area contributed by atoms with E-state index < -0.39 is 10.0 Å². The van der Waals surface area contributed by atoms with Crippen molar-refractivity contribution in [1.29, 1.82) is 0 Å². The van der Waals surface area contributed by atoms with Gasteiger partial charge in [-0.05, 0) is 42.5 Å². The minimum Gasteiger partial charge on any atom is -0.381 e. The second-order valence-electron chi connectivity index (χ2n) is 7.67. The molecule has 1 fully saturated rings. The van der Waals surface area contributed by atoms with Crippen molar-refractivity contribution in [2.75, 3.05) is 20.7 Å². The van der Waals surface area contributed by atoms with E-state index in [1.54, 1.807) is 37.3 Å². The number of sulfonamides is 1. The molecular formula is C20H30N2O5S. The summed E-state index contributed by atoms with van der Waals surface area (Å²) in [6.45, 7) is 4.89. The first-order valence-electron chi connectivity index (χ1n) is 9.76. The standard InChI is InChI=1S/C20H30N2O5S/c1-5-20(6-2)17(10-18(20)26-4)22(3)19(23)11-21-28(24,25)16-8-7-14-12-27-13-15(14)9-16/h7-9,17-18,21H,5-6,10-13H2,1-4H3. The second-order valence-corrected chi connectivity index (χ2v) is 9.44. The fourth-order valence-corrected chi connectivity index (χ4v) is 5.66. The van der Waals surface area contributed by atoms with Gasteiger partial charge < -0.3 is 14.4 Å². The van der Waals surface area contributed by atoms with Crippen molar-refractivity contribution in [2.45, 2.75) is 63.4 Å². The molecule has 0 bridgehead atoms. The number of carbonyl (C=O) groups is 1. The van der Waals surface area contributed by atoms with Gasteiger partial charge in [0.15, 0.2) is 0 Å². The first-order chi connectivity index (χ1) is 13.3. The highest BCUT2D eigenvalue weighted by atomic mass is 32.2. The van der Waals surface area contributed by atoms with Crippen molar-refractivity contribution in [3.63, 3.8) is 0 Å². The molecule has 0 aromatic heterocycles. The van der Waals surface area contributed by atoms with Crippen LogP contribution in [0.2, 0.25) is 0 Å². The highest BCUT2D eigenvalue weighted by Crippen LogP contribution is 2.50. The number of amides is 1. The van der Waals surface area contributed by atoms with Crippen molar-refractivity contribution < 1.29 is 22.7 Å². The van der Waals surface area contributed by atoms with Gasteiger partial charge in [0.05, 0.1) is 30.8 Å². The molecule has 1 heterocycles. The molecule has 1 aliphatic carbocycles. The van der Waals surface area contributed by atoms with Gasteiger partial charge in [-0.2, -0.15) is 0 Å². The molecule has 0 spiro atoms. The van der Waals surface area contributed by atoms with Crippen LogP contribution in [0.1, 0.15) is 44.2 Å². The zero-order valence-electron chi connectivity index (χ0n) is 17.0. The van der Waals surface area contributed by atoms with E-state index in [4.69, 9.17) is 9.47 Å². The minimum absolute atomic E-state index is 0.0570. The minimum atomic E-state index is -3.76. The Morgan fingerprint density at radius 3 is 2.61 bits per heavy atom. The number of methoxy groups -OCH3 is 1. The lowest BCUT2D eigenvalue weighted by atomic mass is 9.58. The zero-order chi connectivity index (χ0) is 20.5. The van der Waals surface area contributed by atoms with Gasteiger partial charge in [-0.3, -0.25) is 4.79 Å². The van der Waals surface area contributed by atoms with Crippen molar-refractivity contribution in [3.8, 4) is 0 Å². The average Bonchev–Trinajstić information content (AvgIpc) is 3.14. The molecule has 2 unspecified atom stereocenters. The normalized spacial score (nSPS) is 23.1. The zero-order valence-corrected chi connectivity index (χ0v) is 17.8. The van der Waals surface area contributed by atoms with Crippen LogP contribution in [0.25, 0.3) is 0 Å². The Hall–Kier alpha value is -1.48. The lowest BCUT2D eigenvalue weighted by molar-refractivity contribution is -0.169. The van der Waals surface area contributed by atoms with Gasteiger partial charge >= 0.3 is 0 Å². The number of ether oxygens (including phenoxy) is 2. The molecule has 28 heavy (non-hydrogen) atoms. The van der Waals surface area contributed by atoms with Crippen LogP contribution in [-0.4, -0.2) is 52.1 Å². The van der Waals surface area contributed by atoms with Crippen LogP contribution in [-0.2, 0) is 37.5 Å². The fraction of sp³-hybridized carbons (Fsp3) is 0.650. The van der Waals surface area contributed by atoms with Gasteiger partial charge in [-0.1, -0.05) is 19.9 Å². The summed E-state index contributed by atoms with van der Waals surface area (Å²) in [6, 6.07) is 4.99. The number of likely N-dealkylation sites (N-methyl/N-ethyl adjacent to an activating group) is 1. The Kier molecular flexibility index (Phi) is 6.14. The van der Waals surface area contributed by atoms with E-state index >= 15 is 0 Å². The molecule has 1 N–H and O–H groups in total. The van der Waals surface area contributed by atoms with Gasteiger partial charge in [0, 0.05) is 25.6 Å². The van der Waals surface area contributed by atoms with Crippen molar-refractivity contribution in [2.24, 2.45) is 5.41 Å². The maximum atomic E-state index is 12.7. The number of nitrogens with zero attached hydrogens (tertiary/aromatic N) is 1. The summed E-state index contributed by atoms with van der Waals surface area (Å²) >= 11 is 0. The van der Waals surface area contributed by atoms with Crippen LogP contribution >= 0.6 is 0 Å². The summed E-state index contributed by atoms with van der Waals surface area (Å²) in [5.41, 5.74) is 1.81. The monoisotopic (exact) mass is 410 g/mol. The highest BCUT2D eigenvalue weighted by molar-refractivity contribution is 7.89. The molecule has 156 valence electrons. The number of nitrogens with one attached hydrogen (secondary N) is 1. The number of hydrogen-bond donors (Lipinski definition) is 1. The number of hydrogen-bond acceptors (Lipinski definition) is 5. The quantitative estimate of drug-likeness (QED) is 0.709. The molecule has 8 heteroatoms. The van der Waals surface area contributed by atoms with Gasteiger partial charge in [-0.25, -0.2) is 13.1 Å². The molecule has 1 aliphatic heterocycles. The molecular weight excluding hydrogens is 380 g/mol. The molecule has 7 nitrogen and oxygen atoms in total. The van der Waals surface area contributed by atoms with Gasteiger partial charge in [0.25, 0.3) is 0 Å². The smallest absolute Gasteiger partial charge is 0.241 e. The van der Waals surface area contributed by atoms with Gasteiger partial charge in [-0.15, -0.1) is 0 Å². The second kappa shape index (κ2) is 8.10. The third-order valence-electron chi connectivity index (χ3n) is 6.62. The SMILES string of the molecule is CCC1(CC)C(OC)CC1N(C)C(=O)CNS(=O)(=O)c1ccc2c(c1)COC2. The largest absolute Gasteiger partial charge is 0.381 e. The molecule has 3 rings (SSSR count). The first kappa shape index (κ1) is 21.2. The van der Waals surface area contributed by atoms with E-state index in [0.717, 1.165) is 30.4 Å². The Morgan fingerprint density at radius 2 is 1.96 bits per heavy atom. The summed E-state index contributed by atoms with van der Waals surface area (Å²) in [5.74, 6) is -0.237. The molecule has 1 aromatic carbocycles. The van der Waals surface area contributed by atoms with E-state index in [2.05, 4.69) is 18.6 Å². The van der Waals surface area contributed by atoms with Gasteiger partial charge in [0.2, 0.25) is 15.9 Å². The van der Waals surface area contributed by atoms with Crippen LogP contribution < -0.4 is 4.72 Å². The fourth-order valence-electron chi connectivity index (χ4n) is 4.63. The number of benzene rings is 1. The van der Waals surface area contributed by atoms with Crippen molar-refractivity contribution in [1.82, 2.24) is 9.62 Å². The summed E-state index contributed by atoms with van der Waals surface area (Å²) in [4.78, 5) is 14.5. The molecule has 1 amide bonds. The van der Waals surface area contributed by atoms with E-state index in [-0.39, 0.29) is 34.9 Å². The molecule has 0 saturated heterocycles. The maximum Gasteiger partial charge on any atom is 0.241 e. The van der Waals surface area contributed by atoms with Crippen LogP contribution in [0.4, 0.5) is 0 Å². The average molecular weight is 411 g/mol. The van der Waals surface area contributed by atoms with Gasteiger partial charge in [0.1, 0.15) is 0 Å². The van der Waals surface area contributed by atoms with Crippen LogP contribution in [0.15, 0.2) is 23.1 Å². The summed E-state index contributed by atoms with van der Waals surface area (Å²) in [5, 5.41) is 0. The van der Waals surface area contributed by atoms with Crippen molar-refractivity contribution >= 4 is 15.9 Å².